The van der Waals surface area contributed by atoms with E-state index in [1.54, 1.807) is 0 Å². The molecule has 1 aromatic carbocycles. The summed E-state index contributed by atoms with van der Waals surface area (Å²) in [5.41, 5.74) is 1.38. The van der Waals surface area contributed by atoms with Gasteiger partial charge in [-0.25, -0.2) is 0 Å². The Bertz CT molecular complexity index is 477. The standard InChI is InChI=1S/C16H20BrNO2/c17-14-4-1-3-13(11-14)12-6-8-18(9-7-12)16(19)15-5-2-10-20-15/h1,3-4,11-12,15H,2,5-10H2. The van der Waals surface area contributed by atoms with Crippen LogP contribution in [0.5, 0.6) is 0 Å². The van der Waals surface area contributed by atoms with Crippen LogP contribution in [0.15, 0.2) is 28.7 Å². The fraction of sp³-hybridized carbons (Fsp3) is 0.562. The number of nitrogens with zero attached hydrogens (tertiary/aromatic N) is 1. The number of carbonyl (C=O) groups is 1. The fourth-order valence-electron chi connectivity index (χ4n) is 3.17. The topological polar surface area (TPSA) is 29.5 Å². The third kappa shape index (κ3) is 3.07. The molecule has 3 nitrogen and oxygen atoms in total. The van der Waals surface area contributed by atoms with Crippen LogP contribution in [0.25, 0.3) is 0 Å². The molecule has 4 heteroatoms. The summed E-state index contributed by atoms with van der Waals surface area (Å²) in [7, 11) is 0. The Morgan fingerprint density at radius 2 is 2.05 bits per heavy atom. The lowest BCUT2D eigenvalue weighted by Crippen LogP contribution is -2.43. The number of amides is 1. The lowest BCUT2D eigenvalue weighted by Gasteiger charge is -2.33. The summed E-state index contributed by atoms with van der Waals surface area (Å²) in [5, 5.41) is 0. The van der Waals surface area contributed by atoms with Crippen LogP contribution in [0.2, 0.25) is 0 Å². The lowest BCUT2D eigenvalue weighted by molar-refractivity contribution is -0.142. The van der Waals surface area contributed by atoms with Crippen molar-refractivity contribution in [1.82, 2.24) is 4.90 Å². The average molecular weight is 338 g/mol. The fourth-order valence-corrected chi connectivity index (χ4v) is 3.59. The maximum atomic E-state index is 12.3. The van der Waals surface area contributed by atoms with Crippen molar-refractivity contribution in [3.63, 3.8) is 0 Å². The molecule has 2 aliphatic heterocycles. The summed E-state index contributed by atoms with van der Waals surface area (Å²) >= 11 is 3.53. The number of hydrogen-bond acceptors (Lipinski definition) is 2. The first-order valence-corrected chi connectivity index (χ1v) is 8.19. The number of ether oxygens (including phenoxy) is 1. The van der Waals surface area contributed by atoms with Crippen molar-refractivity contribution in [2.75, 3.05) is 19.7 Å². The highest BCUT2D eigenvalue weighted by Crippen LogP contribution is 2.30. The third-order valence-electron chi connectivity index (χ3n) is 4.33. The monoisotopic (exact) mass is 337 g/mol. The van der Waals surface area contributed by atoms with Crippen LogP contribution in [0.1, 0.15) is 37.2 Å². The van der Waals surface area contributed by atoms with Crippen molar-refractivity contribution in [2.24, 2.45) is 0 Å². The molecule has 108 valence electrons. The predicted molar refractivity (Wildman–Crippen MR) is 81.7 cm³/mol. The molecule has 0 aliphatic carbocycles. The zero-order valence-corrected chi connectivity index (χ0v) is 13.1. The molecule has 1 aromatic rings. The molecule has 1 atom stereocenters. The van der Waals surface area contributed by atoms with Crippen molar-refractivity contribution >= 4 is 21.8 Å². The van der Waals surface area contributed by atoms with Gasteiger partial charge in [-0.2, -0.15) is 0 Å². The Labute approximate surface area is 128 Å². The van der Waals surface area contributed by atoms with Crippen LogP contribution in [0, 0.1) is 0 Å². The number of carbonyl (C=O) groups excluding carboxylic acids is 1. The van der Waals surface area contributed by atoms with Crippen molar-refractivity contribution in [3.05, 3.63) is 34.3 Å². The largest absolute Gasteiger partial charge is 0.368 e. The molecule has 1 amide bonds. The van der Waals surface area contributed by atoms with Crippen LogP contribution in [-0.4, -0.2) is 36.6 Å². The second-order valence-electron chi connectivity index (χ2n) is 5.66. The van der Waals surface area contributed by atoms with Gasteiger partial charge in [0.1, 0.15) is 6.10 Å². The van der Waals surface area contributed by atoms with E-state index in [0.29, 0.717) is 5.92 Å². The van der Waals surface area contributed by atoms with E-state index in [0.717, 1.165) is 49.9 Å². The van der Waals surface area contributed by atoms with Crippen molar-refractivity contribution < 1.29 is 9.53 Å². The summed E-state index contributed by atoms with van der Waals surface area (Å²) in [6, 6.07) is 8.53. The Kier molecular flexibility index (Phi) is 4.41. The Morgan fingerprint density at radius 3 is 2.70 bits per heavy atom. The van der Waals surface area contributed by atoms with Gasteiger partial charge in [-0.1, -0.05) is 28.1 Å². The molecular formula is C16H20BrNO2. The molecule has 0 radical (unpaired) electrons. The number of halogens is 1. The summed E-state index contributed by atoms with van der Waals surface area (Å²) < 4.78 is 6.63. The van der Waals surface area contributed by atoms with E-state index in [1.165, 1.54) is 5.56 Å². The van der Waals surface area contributed by atoms with Crippen molar-refractivity contribution in [2.45, 2.75) is 37.7 Å². The van der Waals surface area contributed by atoms with Crippen molar-refractivity contribution in [1.29, 1.82) is 0 Å². The SMILES string of the molecule is O=C(C1CCCO1)N1CCC(c2cccc(Br)c2)CC1. The first-order valence-electron chi connectivity index (χ1n) is 7.40. The molecule has 2 fully saturated rings. The van der Waals surface area contributed by atoms with E-state index < -0.39 is 0 Å². The lowest BCUT2D eigenvalue weighted by atomic mass is 9.89. The number of likely N-dealkylation sites (tertiary alicyclic amines) is 1. The van der Waals surface area contributed by atoms with Gasteiger partial charge in [0, 0.05) is 24.2 Å². The molecule has 3 rings (SSSR count). The van der Waals surface area contributed by atoms with Gasteiger partial charge in [0.2, 0.25) is 0 Å². The van der Waals surface area contributed by atoms with Gasteiger partial charge < -0.3 is 9.64 Å². The molecule has 1 unspecified atom stereocenters. The van der Waals surface area contributed by atoms with Crippen LogP contribution < -0.4 is 0 Å². The van der Waals surface area contributed by atoms with E-state index in [-0.39, 0.29) is 12.0 Å². The highest BCUT2D eigenvalue weighted by atomic mass is 79.9. The molecular weight excluding hydrogens is 318 g/mol. The first kappa shape index (κ1) is 14.1. The normalized spacial score (nSPS) is 24.1. The van der Waals surface area contributed by atoms with Gasteiger partial charge in [-0.3, -0.25) is 4.79 Å². The first-order chi connectivity index (χ1) is 9.74. The molecule has 0 bridgehead atoms. The number of piperidine rings is 1. The van der Waals surface area contributed by atoms with Crippen molar-refractivity contribution in [3.8, 4) is 0 Å². The summed E-state index contributed by atoms with van der Waals surface area (Å²) in [5.74, 6) is 0.774. The molecule has 2 saturated heterocycles. The minimum Gasteiger partial charge on any atom is -0.368 e. The van der Waals surface area contributed by atoms with E-state index in [1.807, 2.05) is 4.90 Å². The smallest absolute Gasteiger partial charge is 0.251 e. The minimum atomic E-state index is -0.169. The van der Waals surface area contributed by atoms with Gasteiger partial charge in [0.25, 0.3) is 5.91 Å². The average Bonchev–Trinajstić information content (AvgIpc) is 3.01. The quantitative estimate of drug-likeness (QED) is 0.828. The molecule has 2 aliphatic rings. The molecule has 0 N–H and O–H groups in total. The van der Waals surface area contributed by atoms with Crippen LogP contribution in [0.3, 0.4) is 0 Å². The Hall–Kier alpha value is -0.870. The molecule has 20 heavy (non-hydrogen) atoms. The van der Waals surface area contributed by atoms with Gasteiger partial charge in [-0.05, 0) is 49.3 Å². The molecule has 0 saturated carbocycles. The van der Waals surface area contributed by atoms with Crippen LogP contribution in [0.4, 0.5) is 0 Å². The van der Waals surface area contributed by atoms with Gasteiger partial charge in [0.15, 0.2) is 0 Å². The molecule has 0 aromatic heterocycles. The van der Waals surface area contributed by atoms with E-state index >= 15 is 0 Å². The highest BCUT2D eigenvalue weighted by Gasteiger charge is 2.31. The summed E-state index contributed by atoms with van der Waals surface area (Å²) in [6.45, 7) is 2.46. The Morgan fingerprint density at radius 1 is 1.25 bits per heavy atom. The maximum Gasteiger partial charge on any atom is 0.251 e. The Balaban J connectivity index is 1.58. The highest BCUT2D eigenvalue weighted by molar-refractivity contribution is 9.10. The number of benzene rings is 1. The van der Waals surface area contributed by atoms with E-state index in [4.69, 9.17) is 4.74 Å². The van der Waals surface area contributed by atoms with Crippen LogP contribution >= 0.6 is 15.9 Å². The van der Waals surface area contributed by atoms with E-state index in [9.17, 15) is 4.79 Å². The van der Waals surface area contributed by atoms with E-state index in [2.05, 4.69) is 40.2 Å². The second kappa shape index (κ2) is 6.27. The second-order valence-corrected chi connectivity index (χ2v) is 6.57. The molecule has 2 heterocycles. The van der Waals surface area contributed by atoms with Gasteiger partial charge >= 0.3 is 0 Å². The third-order valence-corrected chi connectivity index (χ3v) is 4.83. The summed E-state index contributed by atoms with van der Waals surface area (Å²) in [6.07, 6.45) is 3.84. The molecule has 0 spiro atoms. The van der Waals surface area contributed by atoms with Crippen LogP contribution in [-0.2, 0) is 9.53 Å². The number of rotatable bonds is 2. The summed E-state index contributed by atoms with van der Waals surface area (Å²) in [4.78, 5) is 14.3. The number of hydrogen-bond donors (Lipinski definition) is 0. The van der Waals surface area contributed by atoms with Gasteiger partial charge in [0.05, 0.1) is 0 Å². The predicted octanol–water partition coefficient (Wildman–Crippen LogP) is 3.33. The minimum absolute atomic E-state index is 0.169. The van der Waals surface area contributed by atoms with Gasteiger partial charge in [-0.15, -0.1) is 0 Å². The maximum absolute atomic E-state index is 12.3. The zero-order chi connectivity index (χ0) is 13.9. The zero-order valence-electron chi connectivity index (χ0n) is 11.6.